The highest BCUT2D eigenvalue weighted by atomic mass is 14.6. The fraction of sp³-hybridized carbons (Fsp3) is 0. The molecule has 180 valence electrons. The van der Waals surface area contributed by atoms with Crippen molar-refractivity contribution >= 4 is 11.1 Å². The average molecular weight is 487 g/mol. The molecule has 0 aliphatic heterocycles. The third kappa shape index (κ3) is 4.93. The molecule has 0 atom stereocenters. The Morgan fingerprint density at radius 3 is 0.921 bits per heavy atom. The average Bonchev–Trinajstić information content (AvgIpc) is 3.02. The van der Waals surface area contributed by atoms with Crippen molar-refractivity contribution in [2.75, 3.05) is 0 Å². The number of hydrogen-bond acceptors (Lipinski definition) is 2. The first-order valence-corrected chi connectivity index (χ1v) is 12.7. The van der Waals surface area contributed by atoms with Crippen LogP contribution in [0.1, 0.15) is 22.3 Å². The molecule has 0 radical (unpaired) electrons. The van der Waals surface area contributed by atoms with Gasteiger partial charge in [-0.25, -0.2) is 0 Å². The molecule has 0 amide bonds. The summed E-state index contributed by atoms with van der Waals surface area (Å²) in [5.41, 5.74) is 11.8. The maximum atomic E-state index is 4.16. The summed E-state index contributed by atoms with van der Waals surface area (Å²) >= 11 is 0. The van der Waals surface area contributed by atoms with Gasteiger partial charge in [-0.15, -0.1) is 0 Å². The number of hydrogen-bond donors (Lipinski definition) is 0. The normalized spacial score (nSPS) is 11.6. The van der Waals surface area contributed by atoms with Crippen molar-refractivity contribution in [3.05, 3.63) is 181 Å². The molecule has 6 aromatic rings. The zero-order chi connectivity index (χ0) is 25.6. The SMILES string of the molecule is c1ccc(/C(=C(/c2ccccc2)c2ccc(-c3ccncc3)cc2)c2ccc(-c3ccncc3)cc2)cc1. The number of pyridine rings is 2. The highest BCUT2D eigenvalue weighted by molar-refractivity contribution is 6.04. The van der Waals surface area contributed by atoms with Crippen molar-refractivity contribution in [2.45, 2.75) is 0 Å². The lowest BCUT2D eigenvalue weighted by Crippen LogP contribution is -1.97. The van der Waals surface area contributed by atoms with E-state index < -0.39 is 0 Å². The summed E-state index contributed by atoms with van der Waals surface area (Å²) in [6.45, 7) is 0. The second kappa shape index (κ2) is 10.9. The van der Waals surface area contributed by atoms with Crippen LogP contribution < -0.4 is 0 Å². The molecule has 2 nitrogen and oxygen atoms in total. The van der Waals surface area contributed by atoms with Gasteiger partial charge in [0.1, 0.15) is 0 Å². The smallest absolute Gasteiger partial charge is 0.0273 e. The van der Waals surface area contributed by atoms with E-state index in [1.807, 2.05) is 49.1 Å². The molecule has 0 fully saturated rings. The first kappa shape index (κ1) is 23.3. The molecule has 4 aromatic carbocycles. The lowest BCUT2D eigenvalue weighted by Gasteiger charge is -2.19. The third-order valence-corrected chi connectivity index (χ3v) is 6.75. The molecule has 0 bridgehead atoms. The highest BCUT2D eigenvalue weighted by Gasteiger charge is 2.16. The van der Waals surface area contributed by atoms with Gasteiger partial charge in [-0.2, -0.15) is 0 Å². The van der Waals surface area contributed by atoms with Crippen molar-refractivity contribution in [2.24, 2.45) is 0 Å². The predicted molar refractivity (Wildman–Crippen MR) is 157 cm³/mol. The van der Waals surface area contributed by atoms with Crippen LogP contribution >= 0.6 is 0 Å². The number of nitrogens with zero attached hydrogens (tertiary/aromatic N) is 2. The van der Waals surface area contributed by atoms with Gasteiger partial charge in [0.25, 0.3) is 0 Å². The summed E-state index contributed by atoms with van der Waals surface area (Å²) in [7, 11) is 0. The fourth-order valence-corrected chi connectivity index (χ4v) is 4.87. The molecular weight excluding hydrogens is 460 g/mol. The van der Waals surface area contributed by atoms with Gasteiger partial charge >= 0.3 is 0 Å². The Labute approximate surface area is 223 Å². The van der Waals surface area contributed by atoms with E-state index in [1.165, 1.54) is 44.5 Å². The second-order valence-electron chi connectivity index (χ2n) is 9.11. The maximum Gasteiger partial charge on any atom is 0.0273 e. The molecule has 2 heterocycles. The summed E-state index contributed by atoms with van der Waals surface area (Å²) in [5, 5.41) is 0. The lowest BCUT2D eigenvalue weighted by molar-refractivity contribution is 1.33. The van der Waals surface area contributed by atoms with E-state index in [9.17, 15) is 0 Å². The number of rotatable bonds is 6. The van der Waals surface area contributed by atoms with E-state index in [0.29, 0.717) is 0 Å². The minimum absolute atomic E-state index is 1.16. The number of benzene rings is 4. The Balaban J connectivity index is 1.55. The molecule has 2 heteroatoms. The Kier molecular flexibility index (Phi) is 6.69. The zero-order valence-corrected chi connectivity index (χ0v) is 20.9. The van der Waals surface area contributed by atoms with Crippen molar-refractivity contribution in [3.63, 3.8) is 0 Å². The van der Waals surface area contributed by atoms with E-state index in [1.54, 1.807) is 0 Å². The molecular formula is C36H26N2. The molecule has 0 unspecified atom stereocenters. The summed E-state index contributed by atoms with van der Waals surface area (Å²) < 4.78 is 0. The standard InChI is InChI=1S/C36H26N2/c1-3-7-31(8-4-1)35(33-15-11-27(12-16-33)29-19-23-37-24-20-29)36(32-9-5-2-6-10-32)34-17-13-28(14-18-34)30-21-25-38-26-22-30/h1-26H/b36-35+. The molecule has 38 heavy (non-hydrogen) atoms. The van der Waals surface area contributed by atoms with Crippen molar-refractivity contribution < 1.29 is 0 Å². The minimum atomic E-state index is 1.16. The van der Waals surface area contributed by atoms with Crippen LogP contribution in [0.2, 0.25) is 0 Å². The van der Waals surface area contributed by atoms with Gasteiger partial charge in [0, 0.05) is 24.8 Å². The molecule has 2 aromatic heterocycles. The van der Waals surface area contributed by atoms with Crippen LogP contribution in [0.4, 0.5) is 0 Å². The van der Waals surface area contributed by atoms with Crippen LogP contribution in [0.3, 0.4) is 0 Å². The molecule has 0 spiro atoms. The Hall–Kier alpha value is -5.08. The van der Waals surface area contributed by atoms with Crippen molar-refractivity contribution in [1.82, 2.24) is 9.97 Å². The van der Waals surface area contributed by atoms with Gasteiger partial charge in [0.2, 0.25) is 0 Å². The largest absolute Gasteiger partial charge is 0.265 e. The first-order chi connectivity index (χ1) is 18.9. The van der Waals surface area contributed by atoms with Crippen LogP contribution in [0, 0.1) is 0 Å². The molecule has 0 saturated carbocycles. The fourth-order valence-electron chi connectivity index (χ4n) is 4.87. The quantitative estimate of drug-likeness (QED) is 0.220. The van der Waals surface area contributed by atoms with Crippen molar-refractivity contribution in [3.8, 4) is 22.3 Å². The van der Waals surface area contributed by atoms with E-state index in [2.05, 4.69) is 119 Å². The summed E-state index contributed by atoms with van der Waals surface area (Å²) in [6.07, 6.45) is 7.34. The van der Waals surface area contributed by atoms with Crippen LogP contribution in [0.5, 0.6) is 0 Å². The Bertz CT molecular complexity index is 1510. The van der Waals surface area contributed by atoms with Crippen LogP contribution in [-0.2, 0) is 0 Å². The summed E-state index contributed by atoms with van der Waals surface area (Å²) in [6, 6.07) is 47.2. The minimum Gasteiger partial charge on any atom is -0.265 e. The topological polar surface area (TPSA) is 25.8 Å². The van der Waals surface area contributed by atoms with Crippen LogP contribution in [-0.4, -0.2) is 9.97 Å². The monoisotopic (exact) mass is 486 g/mol. The summed E-state index contributed by atoms with van der Waals surface area (Å²) in [4.78, 5) is 8.32. The predicted octanol–water partition coefficient (Wildman–Crippen LogP) is 8.82. The van der Waals surface area contributed by atoms with Gasteiger partial charge < -0.3 is 0 Å². The summed E-state index contributed by atoms with van der Waals surface area (Å²) in [5.74, 6) is 0. The van der Waals surface area contributed by atoms with Gasteiger partial charge in [0.05, 0.1) is 0 Å². The Morgan fingerprint density at radius 1 is 0.289 bits per heavy atom. The van der Waals surface area contributed by atoms with Crippen LogP contribution in [0.25, 0.3) is 33.4 Å². The van der Waals surface area contributed by atoms with Gasteiger partial charge in [-0.05, 0) is 79.9 Å². The van der Waals surface area contributed by atoms with E-state index in [0.717, 1.165) is 11.1 Å². The third-order valence-electron chi connectivity index (χ3n) is 6.75. The molecule has 6 rings (SSSR count). The van der Waals surface area contributed by atoms with E-state index in [-0.39, 0.29) is 0 Å². The number of aromatic nitrogens is 2. The molecule has 0 saturated heterocycles. The maximum absolute atomic E-state index is 4.16. The molecule has 0 aliphatic carbocycles. The van der Waals surface area contributed by atoms with Gasteiger partial charge in [-0.3, -0.25) is 9.97 Å². The zero-order valence-electron chi connectivity index (χ0n) is 20.9. The van der Waals surface area contributed by atoms with Gasteiger partial charge in [0.15, 0.2) is 0 Å². The van der Waals surface area contributed by atoms with Crippen LogP contribution in [0.15, 0.2) is 158 Å². The second-order valence-corrected chi connectivity index (χ2v) is 9.11. The highest BCUT2D eigenvalue weighted by Crippen LogP contribution is 2.38. The Morgan fingerprint density at radius 2 is 0.579 bits per heavy atom. The van der Waals surface area contributed by atoms with Crippen molar-refractivity contribution in [1.29, 1.82) is 0 Å². The van der Waals surface area contributed by atoms with E-state index in [4.69, 9.17) is 0 Å². The first-order valence-electron chi connectivity index (χ1n) is 12.7. The lowest BCUT2D eigenvalue weighted by atomic mass is 9.85. The molecule has 0 aliphatic rings. The van der Waals surface area contributed by atoms with Gasteiger partial charge in [-0.1, -0.05) is 109 Å². The molecule has 0 N–H and O–H groups in total. The van der Waals surface area contributed by atoms with E-state index >= 15 is 0 Å².